The van der Waals surface area contributed by atoms with Gasteiger partial charge >= 0.3 is 6.36 Å². The van der Waals surface area contributed by atoms with Gasteiger partial charge in [0.15, 0.2) is 5.71 Å². The maximum absolute atomic E-state index is 11.9. The van der Waals surface area contributed by atoms with Crippen LogP contribution in [0.15, 0.2) is 28.3 Å². The van der Waals surface area contributed by atoms with Crippen molar-refractivity contribution >= 4 is 16.5 Å². The topological polar surface area (TPSA) is 62.5 Å². The van der Waals surface area contributed by atoms with Crippen molar-refractivity contribution in [2.75, 3.05) is 5.75 Å². The Kier molecular flexibility index (Phi) is 5.27. The van der Waals surface area contributed by atoms with E-state index in [0.29, 0.717) is 10.6 Å². The van der Waals surface area contributed by atoms with E-state index in [-0.39, 0.29) is 5.56 Å². The van der Waals surface area contributed by atoms with Crippen molar-refractivity contribution in [1.82, 2.24) is 0 Å². The van der Waals surface area contributed by atoms with Crippen molar-refractivity contribution in [3.63, 3.8) is 0 Å². The van der Waals surface area contributed by atoms with E-state index >= 15 is 0 Å². The van der Waals surface area contributed by atoms with E-state index in [1.165, 1.54) is 18.2 Å². The largest absolute Gasteiger partial charge is 0.593 e. The molecule has 1 atom stereocenters. The Morgan fingerprint density at radius 3 is 2.65 bits per heavy atom. The number of hydrogen-bond donors (Lipinski definition) is 0. The summed E-state index contributed by atoms with van der Waals surface area (Å²) in [7, 11) is -1.28. The average Bonchev–Trinajstić information content (AvgIpc) is 2.39. The van der Waals surface area contributed by atoms with Gasteiger partial charge in [-0.05, 0) is 18.6 Å². The number of halogens is 3. The molecule has 0 saturated heterocycles. The molecule has 1 aromatic rings. The van der Waals surface area contributed by atoms with Crippen LogP contribution in [0.5, 0.6) is 0 Å². The van der Waals surface area contributed by atoms with Crippen LogP contribution in [0, 0.1) is 18.3 Å². The molecule has 0 amide bonds. The lowest BCUT2D eigenvalue weighted by Crippen LogP contribution is -2.11. The van der Waals surface area contributed by atoms with E-state index in [4.69, 9.17) is 5.26 Å². The highest BCUT2D eigenvalue weighted by atomic mass is 32.2. The second-order valence-electron chi connectivity index (χ2n) is 3.70. The van der Waals surface area contributed by atoms with E-state index in [0.717, 1.165) is 5.56 Å². The molecule has 1 aromatic carbocycles. The molecule has 8 heteroatoms. The number of nitrogens with zero attached hydrogens (tertiary/aromatic N) is 2. The van der Waals surface area contributed by atoms with Crippen LogP contribution in [-0.4, -0.2) is 22.0 Å². The van der Waals surface area contributed by atoms with E-state index in [1.807, 2.05) is 0 Å². The molecule has 0 fully saturated rings. The Labute approximate surface area is 116 Å². The normalized spacial score (nSPS) is 13.7. The molecule has 108 valence electrons. The third-order valence-electron chi connectivity index (χ3n) is 2.32. The molecule has 1 unspecified atom stereocenters. The number of hydrogen-bond acceptors (Lipinski definition) is 4. The molecule has 0 spiro atoms. The Hall–Kier alpha value is -1.88. The zero-order valence-corrected chi connectivity index (χ0v) is 11.5. The van der Waals surface area contributed by atoms with E-state index in [1.54, 1.807) is 19.9 Å². The fraction of sp³-hybridized carbons (Fsp3) is 0.333. The zero-order chi connectivity index (χ0) is 15.3. The van der Waals surface area contributed by atoms with Gasteiger partial charge in [-0.25, -0.2) is 0 Å². The summed E-state index contributed by atoms with van der Waals surface area (Å²) < 4.78 is 47.5. The quantitative estimate of drug-likeness (QED) is 0.634. The molecule has 0 bridgehead atoms. The maximum Gasteiger partial charge on any atom is 0.593 e. The van der Waals surface area contributed by atoms with Crippen LogP contribution in [0.1, 0.15) is 18.1 Å². The van der Waals surface area contributed by atoms with Crippen molar-refractivity contribution in [2.24, 2.45) is 5.16 Å². The highest BCUT2D eigenvalue weighted by molar-refractivity contribution is 7.85. The standard InChI is InChI=1S/C12H11F3N2O2S/c1-3-20(18)11-6-9(5-4-8(11)2)10(7-16)17-19-12(13,14)15/h4-6H,3H2,1-2H3/b17-10+. The molecule has 4 nitrogen and oxygen atoms in total. The van der Waals surface area contributed by atoms with Gasteiger partial charge < -0.3 is 0 Å². The van der Waals surface area contributed by atoms with Crippen molar-refractivity contribution in [3.05, 3.63) is 29.3 Å². The van der Waals surface area contributed by atoms with Gasteiger partial charge in [0.25, 0.3) is 0 Å². The molecule has 0 radical (unpaired) electrons. The molecule has 0 saturated carbocycles. The fourth-order valence-electron chi connectivity index (χ4n) is 1.38. The summed E-state index contributed by atoms with van der Waals surface area (Å²) in [4.78, 5) is 3.74. The predicted molar refractivity (Wildman–Crippen MR) is 67.4 cm³/mol. The highest BCUT2D eigenvalue weighted by Crippen LogP contribution is 2.19. The SMILES string of the molecule is CCS(=O)c1cc(/C(C#N)=N/OC(F)(F)F)ccc1C. The summed E-state index contributed by atoms with van der Waals surface area (Å²) in [6.45, 7) is 3.44. The number of oxime groups is 1. The van der Waals surface area contributed by atoms with Crippen LogP contribution < -0.4 is 0 Å². The third kappa shape index (κ3) is 4.35. The molecule has 0 aromatic heterocycles. The summed E-state index contributed by atoms with van der Waals surface area (Å²) >= 11 is 0. The number of aryl methyl sites for hydroxylation is 1. The van der Waals surface area contributed by atoms with E-state index in [2.05, 4.69) is 9.99 Å². The van der Waals surface area contributed by atoms with Crippen molar-refractivity contribution in [2.45, 2.75) is 25.1 Å². The van der Waals surface area contributed by atoms with Gasteiger partial charge in [-0.1, -0.05) is 24.2 Å². The van der Waals surface area contributed by atoms with Crippen molar-refractivity contribution in [1.29, 1.82) is 5.26 Å². The lowest BCUT2D eigenvalue weighted by Gasteiger charge is -2.07. The van der Waals surface area contributed by atoms with E-state index in [9.17, 15) is 17.4 Å². The van der Waals surface area contributed by atoms with Crippen LogP contribution in [0.4, 0.5) is 13.2 Å². The van der Waals surface area contributed by atoms with Crippen molar-refractivity contribution < 1.29 is 22.2 Å². The molecule has 0 aliphatic rings. The first-order valence-electron chi connectivity index (χ1n) is 5.51. The van der Waals surface area contributed by atoms with Gasteiger partial charge in [0, 0.05) is 16.2 Å². The first kappa shape index (κ1) is 16.2. The van der Waals surface area contributed by atoms with Gasteiger partial charge in [0.2, 0.25) is 0 Å². The summed E-state index contributed by atoms with van der Waals surface area (Å²) in [5.41, 5.74) is 0.318. The molecule has 0 aliphatic heterocycles. The molecule has 0 heterocycles. The van der Waals surface area contributed by atoms with Crippen LogP contribution >= 0.6 is 0 Å². The summed E-state index contributed by atoms with van der Waals surface area (Å²) in [5.74, 6) is 0.363. The molecule has 20 heavy (non-hydrogen) atoms. The minimum absolute atomic E-state index is 0.124. The fourth-order valence-corrected chi connectivity index (χ4v) is 2.38. The van der Waals surface area contributed by atoms with Gasteiger partial charge in [-0.15, -0.1) is 13.2 Å². The van der Waals surface area contributed by atoms with Crippen LogP contribution in [0.2, 0.25) is 0 Å². The first-order valence-corrected chi connectivity index (χ1v) is 6.82. The second kappa shape index (κ2) is 6.52. The van der Waals surface area contributed by atoms with E-state index < -0.39 is 22.9 Å². The Morgan fingerprint density at radius 1 is 1.50 bits per heavy atom. The number of nitriles is 1. The minimum atomic E-state index is -4.96. The lowest BCUT2D eigenvalue weighted by atomic mass is 10.1. The van der Waals surface area contributed by atoms with Gasteiger partial charge in [0.05, 0.1) is 10.8 Å². The smallest absolute Gasteiger partial charge is 0.293 e. The maximum atomic E-state index is 11.9. The second-order valence-corrected chi connectivity index (χ2v) is 5.41. The first-order chi connectivity index (χ1) is 9.28. The third-order valence-corrected chi connectivity index (χ3v) is 3.77. The Balaban J connectivity index is 3.18. The Morgan fingerprint density at radius 2 is 2.15 bits per heavy atom. The van der Waals surface area contributed by atoms with Gasteiger partial charge in [-0.3, -0.25) is 9.05 Å². The molecule has 0 aliphatic carbocycles. The summed E-state index contributed by atoms with van der Waals surface area (Å²) in [6.07, 6.45) is -4.96. The molecule has 0 N–H and O–H groups in total. The van der Waals surface area contributed by atoms with Crippen molar-refractivity contribution in [3.8, 4) is 6.07 Å². The van der Waals surface area contributed by atoms with Crippen LogP contribution in [-0.2, 0) is 15.6 Å². The minimum Gasteiger partial charge on any atom is -0.293 e. The molecular weight excluding hydrogens is 293 g/mol. The Bertz CT molecular complexity index is 591. The number of alkyl halides is 3. The lowest BCUT2D eigenvalue weighted by molar-refractivity contribution is -0.325. The predicted octanol–water partition coefficient (Wildman–Crippen LogP) is 2.89. The molecule has 1 rings (SSSR count). The average molecular weight is 304 g/mol. The summed E-state index contributed by atoms with van der Waals surface area (Å²) in [5, 5.41) is 11.6. The van der Waals surface area contributed by atoms with Gasteiger partial charge in [-0.2, -0.15) is 5.26 Å². The monoisotopic (exact) mass is 304 g/mol. The molecular formula is C12H11F3N2O2S. The number of benzene rings is 1. The summed E-state index contributed by atoms with van der Waals surface area (Å²) in [6, 6.07) is 5.90. The number of rotatable bonds is 4. The van der Waals surface area contributed by atoms with Crippen LogP contribution in [0.3, 0.4) is 0 Å². The highest BCUT2D eigenvalue weighted by Gasteiger charge is 2.31. The van der Waals surface area contributed by atoms with Crippen LogP contribution in [0.25, 0.3) is 0 Å². The van der Waals surface area contributed by atoms with Gasteiger partial charge in [0.1, 0.15) is 6.07 Å². The zero-order valence-electron chi connectivity index (χ0n) is 10.7.